The predicted molar refractivity (Wildman–Crippen MR) is 195 cm³/mol. The van der Waals surface area contributed by atoms with Crippen LogP contribution in [0.25, 0.3) is 69.9 Å². The fourth-order valence-corrected chi connectivity index (χ4v) is 9.79. The van der Waals surface area contributed by atoms with Gasteiger partial charge in [0.15, 0.2) is 0 Å². The van der Waals surface area contributed by atoms with Crippen LogP contribution in [0.1, 0.15) is 11.5 Å². The second kappa shape index (κ2) is 9.84. The molecule has 3 heterocycles. The first kappa shape index (κ1) is 25.5. The zero-order valence-corrected chi connectivity index (χ0v) is 26.0. The molecule has 0 N–H and O–H groups in total. The fraction of sp³-hybridized carbons (Fsp3) is 0.0476. The number of thioether (sulfide) groups is 1. The molecule has 0 bridgehead atoms. The quantitative estimate of drug-likeness (QED) is 0.193. The van der Waals surface area contributed by atoms with E-state index in [1.54, 1.807) is 0 Å². The van der Waals surface area contributed by atoms with E-state index in [-0.39, 0.29) is 0 Å². The third-order valence-corrected chi connectivity index (χ3v) is 12.0. The van der Waals surface area contributed by atoms with Crippen LogP contribution in [0.3, 0.4) is 0 Å². The molecule has 2 aliphatic rings. The van der Waals surface area contributed by atoms with E-state index in [0.29, 0.717) is 11.2 Å². The minimum absolute atomic E-state index is 0.447. The van der Waals surface area contributed by atoms with Crippen LogP contribution in [-0.4, -0.2) is 9.82 Å². The van der Waals surface area contributed by atoms with Gasteiger partial charge in [-0.05, 0) is 76.3 Å². The first-order valence-corrected chi connectivity index (χ1v) is 17.2. The Bertz CT molecular complexity index is 2510. The van der Waals surface area contributed by atoms with Crippen molar-refractivity contribution in [2.24, 2.45) is 0 Å². The first-order chi connectivity index (χ1) is 22.3. The van der Waals surface area contributed by atoms with Crippen molar-refractivity contribution in [2.75, 3.05) is 0 Å². The van der Waals surface area contributed by atoms with Gasteiger partial charge in [-0.3, -0.25) is 0 Å². The Hall–Kier alpha value is -4.83. The molecule has 10 rings (SSSR count). The lowest BCUT2D eigenvalue weighted by atomic mass is 9.92. The maximum atomic E-state index is 2.45. The van der Waals surface area contributed by atoms with Gasteiger partial charge in [-0.15, -0.1) is 23.1 Å². The summed E-state index contributed by atoms with van der Waals surface area (Å²) in [4.78, 5) is 1.42. The summed E-state index contributed by atoms with van der Waals surface area (Å²) in [5.41, 5.74) is 10.1. The zero-order chi connectivity index (χ0) is 29.5. The summed E-state index contributed by atoms with van der Waals surface area (Å²) in [6, 6.07) is 47.4. The molecule has 212 valence electrons. The van der Waals surface area contributed by atoms with E-state index in [9.17, 15) is 0 Å². The summed E-state index contributed by atoms with van der Waals surface area (Å²) in [6.45, 7) is 0. The molecule has 2 unspecified atom stereocenters. The number of aromatic nitrogens is 1. The number of rotatable bonds is 3. The highest BCUT2D eigenvalue weighted by atomic mass is 32.2. The maximum absolute atomic E-state index is 2.45. The van der Waals surface area contributed by atoms with Gasteiger partial charge in [-0.25, -0.2) is 0 Å². The Labute approximate surface area is 269 Å². The maximum Gasteiger partial charge on any atom is 0.0544 e. The lowest BCUT2D eigenvalue weighted by Gasteiger charge is -2.15. The monoisotopic (exact) mass is 609 g/mol. The highest BCUT2D eigenvalue weighted by Crippen LogP contribution is 2.50. The van der Waals surface area contributed by atoms with Crippen molar-refractivity contribution in [2.45, 2.75) is 16.1 Å². The Morgan fingerprint density at radius 3 is 2.00 bits per heavy atom. The van der Waals surface area contributed by atoms with Gasteiger partial charge in [0.25, 0.3) is 0 Å². The molecule has 45 heavy (non-hydrogen) atoms. The molecule has 0 amide bonds. The van der Waals surface area contributed by atoms with Crippen molar-refractivity contribution in [3.63, 3.8) is 0 Å². The second-order valence-electron chi connectivity index (χ2n) is 12.1. The molecule has 3 heteroatoms. The van der Waals surface area contributed by atoms with Crippen LogP contribution >= 0.6 is 23.1 Å². The standard InChI is InChI=1S/C42H27NS2/c1-4-10-37-31(7-1)34-25-42-36(33-9-3-6-12-40(33)45-42)24-38(34)43(37)30-20-17-27(18-21-30)26-13-15-28(16-14-26)29-19-22-41-35(23-29)32-8-2-5-11-39(32)44-41/h1-25,33,40H. The molecule has 0 spiro atoms. The summed E-state index contributed by atoms with van der Waals surface area (Å²) < 4.78 is 5.14. The van der Waals surface area contributed by atoms with Gasteiger partial charge in [0, 0.05) is 52.7 Å². The molecule has 8 aromatic rings. The summed E-state index contributed by atoms with van der Waals surface area (Å²) in [5.74, 6) is 0.447. The van der Waals surface area contributed by atoms with Crippen LogP contribution in [-0.2, 0) is 0 Å². The Kier molecular flexibility index (Phi) is 5.57. The van der Waals surface area contributed by atoms with Crippen LogP contribution in [0.5, 0.6) is 0 Å². The number of benzene rings is 6. The molecular formula is C42H27NS2. The molecule has 1 aliphatic heterocycles. The van der Waals surface area contributed by atoms with E-state index < -0.39 is 0 Å². The van der Waals surface area contributed by atoms with Crippen LogP contribution in [0, 0.1) is 0 Å². The Balaban J connectivity index is 1.01. The molecule has 2 aromatic heterocycles. The van der Waals surface area contributed by atoms with Crippen molar-refractivity contribution in [1.29, 1.82) is 0 Å². The number of allylic oxidation sites excluding steroid dienone is 3. The number of fused-ring (bicyclic) bond motifs is 9. The van der Waals surface area contributed by atoms with Gasteiger partial charge in [0.05, 0.1) is 11.0 Å². The third-order valence-electron chi connectivity index (χ3n) is 9.56. The molecule has 0 saturated heterocycles. The third kappa shape index (κ3) is 3.94. The van der Waals surface area contributed by atoms with Crippen molar-refractivity contribution in [1.82, 2.24) is 4.57 Å². The highest BCUT2D eigenvalue weighted by Gasteiger charge is 2.32. The van der Waals surface area contributed by atoms with Gasteiger partial charge in [-0.1, -0.05) is 103 Å². The lowest BCUT2D eigenvalue weighted by molar-refractivity contribution is 0.882. The van der Waals surface area contributed by atoms with E-state index >= 15 is 0 Å². The first-order valence-electron chi connectivity index (χ1n) is 15.5. The van der Waals surface area contributed by atoms with Crippen LogP contribution in [0.15, 0.2) is 157 Å². The fourth-order valence-electron chi connectivity index (χ4n) is 7.34. The molecule has 6 aromatic carbocycles. The lowest BCUT2D eigenvalue weighted by Crippen LogP contribution is -2.06. The average Bonchev–Trinajstić information content (AvgIpc) is 3.76. The van der Waals surface area contributed by atoms with Gasteiger partial charge < -0.3 is 4.57 Å². The van der Waals surface area contributed by atoms with Gasteiger partial charge in [0.1, 0.15) is 0 Å². The zero-order valence-electron chi connectivity index (χ0n) is 24.4. The van der Waals surface area contributed by atoms with Crippen LogP contribution < -0.4 is 0 Å². The summed E-state index contributed by atoms with van der Waals surface area (Å²) in [5, 5.41) is 5.82. The van der Waals surface area contributed by atoms with Crippen LogP contribution in [0.4, 0.5) is 0 Å². The number of para-hydroxylation sites is 1. The molecule has 0 saturated carbocycles. The average molecular weight is 610 g/mol. The van der Waals surface area contributed by atoms with E-state index in [1.807, 2.05) is 23.1 Å². The Morgan fingerprint density at radius 1 is 0.489 bits per heavy atom. The van der Waals surface area contributed by atoms with Crippen molar-refractivity contribution in [3.8, 4) is 27.9 Å². The topological polar surface area (TPSA) is 4.93 Å². The molecular weight excluding hydrogens is 583 g/mol. The summed E-state index contributed by atoms with van der Waals surface area (Å²) in [6.07, 6.45) is 9.11. The number of hydrogen-bond acceptors (Lipinski definition) is 2. The normalized spacial score (nSPS) is 17.1. The van der Waals surface area contributed by atoms with Gasteiger partial charge in [0.2, 0.25) is 0 Å². The molecule has 0 fully saturated rings. The van der Waals surface area contributed by atoms with Gasteiger partial charge >= 0.3 is 0 Å². The number of nitrogens with zero attached hydrogens (tertiary/aromatic N) is 1. The smallest absolute Gasteiger partial charge is 0.0544 e. The van der Waals surface area contributed by atoms with E-state index in [1.165, 1.54) is 80.4 Å². The number of thiophene rings is 1. The largest absolute Gasteiger partial charge is 0.309 e. The molecule has 2 atom stereocenters. The SMILES string of the molecule is C1=CC2Sc3cc4c5ccccc5n(-c5ccc(-c6ccc(-c7ccc8sc9ccccc9c8c7)cc6)cc5)c4cc3C2C=C1. The van der Waals surface area contributed by atoms with Gasteiger partial charge in [-0.2, -0.15) is 0 Å². The minimum Gasteiger partial charge on any atom is -0.309 e. The molecule has 0 radical (unpaired) electrons. The summed E-state index contributed by atoms with van der Waals surface area (Å²) in [7, 11) is 0. The predicted octanol–water partition coefficient (Wildman–Crippen LogP) is 12.2. The summed E-state index contributed by atoms with van der Waals surface area (Å²) >= 11 is 3.87. The van der Waals surface area contributed by atoms with E-state index in [0.717, 1.165) is 0 Å². The van der Waals surface area contributed by atoms with Crippen LogP contribution in [0.2, 0.25) is 0 Å². The van der Waals surface area contributed by atoms with Crippen molar-refractivity contribution < 1.29 is 0 Å². The van der Waals surface area contributed by atoms with Crippen molar-refractivity contribution in [3.05, 3.63) is 157 Å². The minimum atomic E-state index is 0.447. The second-order valence-corrected chi connectivity index (χ2v) is 14.4. The Morgan fingerprint density at radius 2 is 1.16 bits per heavy atom. The molecule has 1 aliphatic carbocycles. The number of hydrogen-bond donors (Lipinski definition) is 0. The highest BCUT2D eigenvalue weighted by molar-refractivity contribution is 8.00. The van der Waals surface area contributed by atoms with E-state index in [4.69, 9.17) is 0 Å². The van der Waals surface area contributed by atoms with Crippen molar-refractivity contribution >= 4 is 65.1 Å². The molecule has 1 nitrogen and oxygen atoms in total. The van der Waals surface area contributed by atoms with E-state index in [2.05, 4.69) is 156 Å².